The standard InChI is InChI=1S/C19H19NO3/c1-12-7-15(9-16(8-12)19(22)23)18(21)20(2)17-10-13-5-3-4-6-14(13)11-17/h3-9,17H,10-11H2,1-2H3,(H,22,23). The zero-order valence-corrected chi connectivity index (χ0v) is 13.2. The van der Waals surface area contributed by atoms with Crippen LogP contribution in [0.2, 0.25) is 0 Å². The summed E-state index contributed by atoms with van der Waals surface area (Å²) in [5.41, 5.74) is 3.92. The molecule has 0 atom stereocenters. The van der Waals surface area contributed by atoms with Gasteiger partial charge in [0.1, 0.15) is 0 Å². The number of likely N-dealkylation sites (N-methyl/N-ethyl adjacent to an activating group) is 1. The maximum Gasteiger partial charge on any atom is 0.335 e. The van der Waals surface area contributed by atoms with Crippen LogP contribution in [0.15, 0.2) is 42.5 Å². The van der Waals surface area contributed by atoms with Crippen LogP contribution >= 0.6 is 0 Å². The van der Waals surface area contributed by atoms with E-state index >= 15 is 0 Å². The van der Waals surface area contributed by atoms with E-state index in [2.05, 4.69) is 12.1 Å². The van der Waals surface area contributed by atoms with Crippen molar-refractivity contribution in [3.63, 3.8) is 0 Å². The van der Waals surface area contributed by atoms with Crippen LogP contribution in [0.5, 0.6) is 0 Å². The van der Waals surface area contributed by atoms with Crippen LogP contribution in [0.3, 0.4) is 0 Å². The van der Waals surface area contributed by atoms with Gasteiger partial charge in [-0.2, -0.15) is 0 Å². The minimum Gasteiger partial charge on any atom is -0.478 e. The normalized spacial score (nSPS) is 13.7. The third-order valence-corrected chi connectivity index (χ3v) is 4.47. The highest BCUT2D eigenvalue weighted by Crippen LogP contribution is 2.26. The molecule has 0 saturated carbocycles. The van der Waals surface area contributed by atoms with Gasteiger partial charge in [0.25, 0.3) is 5.91 Å². The number of carboxylic acid groups (broad SMARTS) is 1. The second kappa shape index (κ2) is 5.88. The van der Waals surface area contributed by atoms with Gasteiger partial charge in [0.15, 0.2) is 0 Å². The highest BCUT2D eigenvalue weighted by atomic mass is 16.4. The SMILES string of the molecule is Cc1cc(C(=O)O)cc(C(=O)N(C)C2Cc3ccccc3C2)c1. The highest BCUT2D eigenvalue weighted by molar-refractivity contribution is 5.98. The van der Waals surface area contributed by atoms with E-state index < -0.39 is 5.97 Å². The minimum absolute atomic E-state index is 0.119. The van der Waals surface area contributed by atoms with Crippen LogP contribution in [-0.4, -0.2) is 35.0 Å². The van der Waals surface area contributed by atoms with Crippen molar-refractivity contribution >= 4 is 11.9 Å². The van der Waals surface area contributed by atoms with Crippen LogP contribution in [0, 0.1) is 6.92 Å². The van der Waals surface area contributed by atoms with Crippen LogP contribution in [-0.2, 0) is 12.8 Å². The molecule has 2 aromatic rings. The minimum atomic E-state index is -1.02. The van der Waals surface area contributed by atoms with Crippen LogP contribution < -0.4 is 0 Å². The molecule has 1 N–H and O–H groups in total. The molecule has 1 aliphatic rings. The average molecular weight is 309 g/mol. The van der Waals surface area contributed by atoms with Crippen molar-refractivity contribution in [1.29, 1.82) is 0 Å². The molecule has 0 saturated heterocycles. The lowest BCUT2D eigenvalue weighted by molar-refractivity contribution is 0.0696. The van der Waals surface area contributed by atoms with Gasteiger partial charge in [-0.25, -0.2) is 4.79 Å². The Kier molecular flexibility index (Phi) is 3.90. The van der Waals surface area contributed by atoms with Crippen LogP contribution in [0.4, 0.5) is 0 Å². The van der Waals surface area contributed by atoms with Gasteiger partial charge in [0.05, 0.1) is 5.56 Å². The first kappa shape index (κ1) is 15.3. The van der Waals surface area contributed by atoms with Crippen LogP contribution in [0.1, 0.15) is 37.4 Å². The van der Waals surface area contributed by atoms with Gasteiger partial charge in [-0.3, -0.25) is 4.79 Å². The predicted molar refractivity (Wildman–Crippen MR) is 87.9 cm³/mol. The maximum absolute atomic E-state index is 12.7. The van der Waals surface area contributed by atoms with Gasteiger partial charge in [0, 0.05) is 18.7 Å². The number of fused-ring (bicyclic) bond motifs is 1. The first-order valence-corrected chi connectivity index (χ1v) is 7.64. The van der Waals surface area contributed by atoms with Crippen molar-refractivity contribution in [3.8, 4) is 0 Å². The summed E-state index contributed by atoms with van der Waals surface area (Å²) in [7, 11) is 1.79. The number of nitrogens with zero attached hydrogens (tertiary/aromatic N) is 1. The summed E-state index contributed by atoms with van der Waals surface area (Å²) in [5.74, 6) is -1.15. The number of aromatic carboxylic acids is 1. The molecule has 118 valence electrons. The molecule has 0 spiro atoms. The Morgan fingerprint density at radius 3 is 2.17 bits per heavy atom. The fraction of sp³-hybridized carbons (Fsp3) is 0.263. The molecular weight excluding hydrogens is 290 g/mol. The number of benzene rings is 2. The van der Waals surface area contributed by atoms with Crippen molar-refractivity contribution in [1.82, 2.24) is 4.90 Å². The first-order valence-electron chi connectivity index (χ1n) is 7.64. The Hall–Kier alpha value is -2.62. The first-order chi connectivity index (χ1) is 11.0. The Morgan fingerprint density at radius 1 is 1.04 bits per heavy atom. The fourth-order valence-corrected chi connectivity index (χ4v) is 3.21. The number of hydrogen-bond donors (Lipinski definition) is 1. The molecule has 1 amide bonds. The summed E-state index contributed by atoms with van der Waals surface area (Å²) >= 11 is 0. The molecule has 1 aliphatic carbocycles. The lowest BCUT2D eigenvalue weighted by Gasteiger charge is -2.24. The summed E-state index contributed by atoms with van der Waals surface area (Å²) < 4.78 is 0. The molecule has 0 bridgehead atoms. The summed E-state index contributed by atoms with van der Waals surface area (Å²) in [5, 5.41) is 9.16. The quantitative estimate of drug-likeness (QED) is 0.948. The molecule has 0 unspecified atom stereocenters. The molecule has 0 radical (unpaired) electrons. The number of hydrogen-bond acceptors (Lipinski definition) is 2. The third kappa shape index (κ3) is 2.97. The van der Waals surface area contributed by atoms with E-state index in [1.54, 1.807) is 31.0 Å². The fourth-order valence-electron chi connectivity index (χ4n) is 3.21. The second-order valence-electron chi connectivity index (χ2n) is 6.14. The summed E-state index contributed by atoms with van der Waals surface area (Å²) in [6, 6.07) is 13.1. The average Bonchev–Trinajstić information content (AvgIpc) is 2.96. The Labute approximate surface area is 135 Å². The lowest BCUT2D eigenvalue weighted by atomic mass is 10.0. The smallest absolute Gasteiger partial charge is 0.335 e. The number of carbonyl (C=O) groups excluding carboxylic acids is 1. The van der Waals surface area contributed by atoms with E-state index in [9.17, 15) is 9.59 Å². The van der Waals surface area contributed by atoms with Gasteiger partial charge >= 0.3 is 5.97 Å². The number of carbonyl (C=O) groups is 2. The Balaban J connectivity index is 1.83. The maximum atomic E-state index is 12.7. The molecule has 3 rings (SSSR count). The number of rotatable bonds is 3. The number of amides is 1. The van der Waals surface area contributed by atoms with Crippen molar-refractivity contribution in [2.24, 2.45) is 0 Å². The molecule has 4 heteroatoms. The van der Waals surface area contributed by atoms with E-state index in [0.717, 1.165) is 18.4 Å². The van der Waals surface area contributed by atoms with Gasteiger partial charge in [-0.1, -0.05) is 24.3 Å². The van der Waals surface area contributed by atoms with Gasteiger partial charge in [-0.05, 0) is 54.7 Å². The zero-order valence-electron chi connectivity index (χ0n) is 13.2. The molecular formula is C19H19NO3. The van der Waals surface area contributed by atoms with Crippen LogP contribution in [0.25, 0.3) is 0 Å². The predicted octanol–water partition coefficient (Wildman–Crippen LogP) is 2.93. The van der Waals surface area contributed by atoms with Crippen molar-refractivity contribution < 1.29 is 14.7 Å². The molecule has 0 heterocycles. The third-order valence-electron chi connectivity index (χ3n) is 4.47. The Morgan fingerprint density at radius 2 is 1.61 bits per heavy atom. The molecule has 4 nitrogen and oxygen atoms in total. The Bertz CT molecular complexity index is 757. The topological polar surface area (TPSA) is 57.6 Å². The molecule has 23 heavy (non-hydrogen) atoms. The molecule has 0 fully saturated rings. The van der Waals surface area contributed by atoms with Crippen molar-refractivity contribution in [2.45, 2.75) is 25.8 Å². The molecule has 0 aliphatic heterocycles. The summed E-state index contributed by atoms with van der Waals surface area (Å²) in [4.78, 5) is 25.7. The molecule has 0 aromatic heterocycles. The van der Waals surface area contributed by atoms with Gasteiger partial charge < -0.3 is 10.0 Å². The van der Waals surface area contributed by atoms with E-state index in [4.69, 9.17) is 5.11 Å². The largest absolute Gasteiger partial charge is 0.478 e. The van der Waals surface area contributed by atoms with Crippen molar-refractivity contribution in [2.75, 3.05) is 7.05 Å². The van der Waals surface area contributed by atoms with Gasteiger partial charge in [0.2, 0.25) is 0 Å². The van der Waals surface area contributed by atoms with E-state index in [-0.39, 0.29) is 17.5 Å². The van der Waals surface area contributed by atoms with Crippen molar-refractivity contribution in [3.05, 3.63) is 70.3 Å². The molecule has 2 aromatic carbocycles. The van der Waals surface area contributed by atoms with E-state index in [1.165, 1.54) is 17.2 Å². The summed E-state index contributed by atoms with van der Waals surface area (Å²) in [6.45, 7) is 1.80. The van der Waals surface area contributed by atoms with Gasteiger partial charge in [-0.15, -0.1) is 0 Å². The zero-order chi connectivity index (χ0) is 16.6. The monoisotopic (exact) mass is 309 g/mol. The highest BCUT2D eigenvalue weighted by Gasteiger charge is 2.28. The van der Waals surface area contributed by atoms with E-state index in [1.807, 2.05) is 12.1 Å². The lowest BCUT2D eigenvalue weighted by Crippen LogP contribution is -2.37. The van der Waals surface area contributed by atoms with E-state index in [0.29, 0.717) is 5.56 Å². The second-order valence-corrected chi connectivity index (χ2v) is 6.14. The number of aryl methyl sites for hydroxylation is 1. The summed E-state index contributed by atoms with van der Waals surface area (Å²) in [6.07, 6.45) is 1.69. The number of carboxylic acids is 1.